The van der Waals surface area contributed by atoms with E-state index in [0.29, 0.717) is 0 Å². The first kappa shape index (κ1) is 10.9. The van der Waals surface area contributed by atoms with E-state index in [0.717, 1.165) is 23.3 Å². The summed E-state index contributed by atoms with van der Waals surface area (Å²) >= 11 is 0. The molecule has 0 bridgehead atoms. The predicted molar refractivity (Wildman–Crippen MR) is 67.5 cm³/mol. The molecule has 0 unspecified atom stereocenters. The van der Waals surface area contributed by atoms with Crippen LogP contribution >= 0.6 is 0 Å². The molecule has 1 N–H and O–H groups in total. The molecule has 0 spiro atoms. The zero-order valence-corrected chi connectivity index (χ0v) is 9.99. The molecule has 0 aliphatic carbocycles. The van der Waals surface area contributed by atoms with Crippen LogP contribution in [0.1, 0.15) is 20.8 Å². The minimum Gasteiger partial charge on any atom is -0.369 e. The number of hydrogen-bond acceptors (Lipinski definition) is 3. The molecule has 0 aliphatic heterocycles. The van der Waals surface area contributed by atoms with Crippen LogP contribution in [0.3, 0.4) is 0 Å². The lowest BCUT2D eigenvalue weighted by Crippen LogP contribution is -2.19. The molecule has 3 heteroatoms. The van der Waals surface area contributed by atoms with Crippen LogP contribution in [0, 0.1) is 5.41 Å². The summed E-state index contributed by atoms with van der Waals surface area (Å²) in [5.41, 5.74) is 1.22. The van der Waals surface area contributed by atoms with Crippen molar-refractivity contribution in [1.82, 2.24) is 9.97 Å². The average Bonchev–Trinajstić information content (AvgIpc) is 2.25. The van der Waals surface area contributed by atoms with Gasteiger partial charge in [0.1, 0.15) is 12.1 Å². The largest absolute Gasteiger partial charge is 0.369 e. The van der Waals surface area contributed by atoms with Crippen molar-refractivity contribution in [3.63, 3.8) is 0 Å². The Balaban J connectivity index is 2.30. The van der Waals surface area contributed by atoms with E-state index in [9.17, 15) is 0 Å². The highest BCUT2D eigenvalue weighted by molar-refractivity contribution is 5.88. The Hall–Kier alpha value is -1.64. The number of nitrogens with one attached hydrogen (secondary N) is 1. The Labute approximate surface area is 95.9 Å². The number of anilines is 1. The van der Waals surface area contributed by atoms with E-state index in [-0.39, 0.29) is 5.41 Å². The zero-order valence-electron chi connectivity index (χ0n) is 9.99. The minimum atomic E-state index is 0.242. The molecule has 3 nitrogen and oxygen atoms in total. The van der Waals surface area contributed by atoms with Gasteiger partial charge < -0.3 is 5.32 Å². The lowest BCUT2D eigenvalue weighted by atomic mass is 9.97. The van der Waals surface area contributed by atoms with E-state index >= 15 is 0 Å². The van der Waals surface area contributed by atoms with Crippen molar-refractivity contribution in [2.45, 2.75) is 20.8 Å². The lowest BCUT2D eigenvalue weighted by molar-refractivity contribution is 0.442. The predicted octanol–water partition coefficient (Wildman–Crippen LogP) is 3.09. The fourth-order valence-corrected chi connectivity index (χ4v) is 1.49. The minimum absolute atomic E-state index is 0.242. The number of benzene rings is 1. The molecule has 0 radical (unpaired) electrons. The molecule has 1 heterocycles. The third kappa shape index (κ3) is 2.48. The number of rotatable bonds is 2. The van der Waals surface area contributed by atoms with Crippen LogP contribution in [0.4, 0.5) is 5.82 Å². The molecule has 1 aromatic heterocycles. The van der Waals surface area contributed by atoms with Crippen LogP contribution in [-0.4, -0.2) is 16.5 Å². The molecule has 16 heavy (non-hydrogen) atoms. The monoisotopic (exact) mass is 215 g/mol. The Morgan fingerprint density at radius 2 is 1.88 bits per heavy atom. The summed E-state index contributed by atoms with van der Waals surface area (Å²) < 4.78 is 0. The van der Waals surface area contributed by atoms with Crippen LogP contribution in [0.2, 0.25) is 0 Å². The van der Waals surface area contributed by atoms with E-state index in [4.69, 9.17) is 0 Å². The molecule has 0 saturated heterocycles. The Morgan fingerprint density at radius 1 is 1.12 bits per heavy atom. The number of fused-ring (bicyclic) bond motifs is 1. The maximum atomic E-state index is 4.29. The molecular weight excluding hydrogens is 198 g/mol. The van der Waals surface area contributed by atoms with Gasteiger partial charge in [-0.25, -0.2) is 9.97 Å². The van der Waals surface area contributed by atoms with Gasteiger partial charge in [0.25, 0.3) is 0 Å². The first-order valence-electron chi connectivity index (χ1n) is 5.50. The highest BCUT2D eigenvalue weighted by Crippen LogP contribution is 2.20. The fraction of sp³-hybridized carbons (Fsp3) is 0.385. The highest BCUT2D eigenvalue weighted by atomic mass is 15.0. The zero-order chi connectivity index (χ0) is 11.6. The van der Waals surface area contributed by atoms with Crippen LogP contribution in [0.15, 0.2) is 30.6 Å². The highest BCUT2D eigenvalue weighted by Gasteiger charge is 2.11. The third-order valence-corrected chi connectivity index (χ3v) is 2.33. The number of nitrogens with zero attached hydrogens (tertiary/aromatic N) is 2. The first-order valence-corrected chi connectivity index (χ1v) is 5.50. The molecule has 0 aliphatic rings. The summed E-state index contributed by atoms with van der Waals surface area (Å²) in [6, 6.07) is 8.04. The van der Waals surface area contributed by atoms with Crippen molar-refractivity contribution in [3.05, 3.63) is 30.6 Å². The summed E-state index contributed by atoms with van der Waals surface area (Å²) in [6.45, 7) is 7.49. The van der Waals surface area contributed by atoms with Crippen molar-refractivity contribution >= 4 is 16.7 Å². The topological polar surface area (TPSA) is 37.8 Å². The second-order valence-corrected chi connectivity index (χ2v) is 5.15. The van der Waals surface area contributed by atoms with Gasteiger partial charge in [0.2, 0.25) is 0 Å². The van der Waals surface area contributed by atoms with E-state index in [1.807, 2.05) is 24.3 Å². The van der Waals surface area contributed by atoms with Gasteiger partial charge in [-0.3, -0.25) is 0 Å². The second-order valence-electron chi connectivity index (χ2n) is 5.15. The van der Waals surface area contributed by atoms with Crippen LogP contribution < -0.4 is 5.32 Å². The average molecular weight is 215 g/mol. The molecule has 1 aromatic carbocycles. The first-order chi connectivity index (χ1) is 7.56. The van der Waals surface area contributed by atoms with E-state index < -0.39 is 0 Å². The molecular formula is C13H17N3. The van der Waals surface area contributed by atoms with Gasteiger partial charge in [0, 0.05) is 11.9 Å². The third-order valence-electron chi connectivity index (χ3n) is 2.33. The molecule has 2 aromatic rings. The summed E-state index contributed by atoms with van der Waals surface area (Å²) in [6.07, 6.45) is 1.60. The summed E-state index contributed by atoms with van der Waals surface area (Å²) in [5.74, 6) is 0.917. The smallest absolute Gasteiger partial charge is 0.137 e. The molecule has 0 saturated carbocycles. The second kappa shape index (κ2) is 4.08. The van der Waals surface area contributed by atoms with E-state index in [2.05, 4.69) is 36.1 Å². The van der Waals surface area contributed by atoms with Gasteiger partial charge in [-0.1, -0.05) is 32.9 Å². The maximum Gasteiger partial charge on any atom is 0.137 e. The van der Waals surface area contributed by atoms with Crippen molar-refractivity contribution in [2.24, 2.45) is 5.41 Å². The van der Waals surface area contributed by atoms with Crippen molar-refractivity contribution < 1.29 is 0 Å². The van der Waals surface area contributed by atoms with Gasteiger partial charge >= 0.3 is 0 Å². The van der Waals surface area contributed by atoms with Crippen LogP contribution in [0.5, 0.6) is 0 Å². The summed E-state index contributed by atoms with van der Waals surface area (Å²) in [5, 5.41) is 4.45. The van der Waals surface area contributed by atoms with Crippen molar-refractivity contribution in [3.8, 4) is 0 Å². The van der Waals surface area contributed by atoms with Crippen molar-refractivity contribution in [1.29, 1.82) is 0 Å². The van der Waals surface area contributed by atoms with Gasteiger partial charge in [-0.2, -0.15) is 0 Å². The van der Waals surface area contributed by atoms with Gasteiger partial charge in [0.05, 0.1) is 5.52 Å². The Bertz CT molecular complexity index is 480. The standard InChI is InChI=1S/C13H17N3/c1-13(2,3)8-14-12-10-6-4-5-7-11(10)15-9-16-12/h4-7,9H,8H2,1-3H3,(H,14,15,16). The van der Waals surface area contributed by atoms with Gasteiger partial charge in [0.15, 0.2) is 0 Å². The van der Waals surface area contributed by atoms with Crippen LogP contribution in [0.25, 0.3) is 10.9 Å². The van der Waals surface area contributed by atoms with Crippen LogP contribution in [-0.2, 0) is 0 Å². The SMILES string of the molecule is CC(C)(C)CNc1ncnc2ccccc12. The number of para-hydroxylation sites is 1. The Morgan fingerprint density at radius 3 is 2.62 bits per heavy atom. The van der Waals surface area contributed by atoms with Gasteiger partial charge in [-0.15, -0.1) is 0 Å². The molecule has 84 valence electrons. The van der Waals surface area contributed by atoms with Crippen molar-refractivity contribution in [2.75, 3.05) is 11.9 Å². The van der Waals surface area contributed by atoms with E-state index in [1.165, 1.54) is 0 Å². The lowest BCUT2D eigenvalue weighted by Gasteiger charge is -2.19. The molecule has 2 rings (SSSR count). The number of aromatic nitrogens is 2. The molecule has 0 atom stereocenters. The summed E-state index contributed by atoms with van der Waals surface area (Å²) in [7, 11) is 0. The summed E-state index contributed by atoms with van der Waals surface area (Å²) in [4.78, 5) is 8.52. The maximum absolute atomic E-state index is 4.29. The Kier molecular flexibility index (Phi) is 2.77. The number of hydrogen-bond donors (Lipinski definition) is 1. The molecule has 0 amide bonds. The molecule has 0 fully saturated rings. The fourth-order valence-electron chi connectivity index (χ4n) is 1.49. The van der Waals surface area contributed by atoms with Gasteiger partial charge in [-0.05, 0) is 17.5 Å². The van der Waals surface area contributed by atoms with E-state index in [1.54, 1.807) is 6.33 Å². The quantitative estimate of drug-likeness (QED) is 0.836. The normalized spacial score (nSPS) is 11.7.